The Hall–Kier alpha value is -3.93. The number of para-hydroxylation sites is 1. The predicted octanol–water partition coefficient (Wildman–Crippen LogP) is 4.28. The maximum atomic E-state index is 6.57. The van der Waals surface area contributed by atoms with Crippen LogP contribution in [-0.4, -0.2) is 24.5 Å². The first kappa shape index (κ1) is 17.0. The van der Waals surface area contributed by atoms with Gasteiger partial charge in [-0.2, -0.15) is 4.98 Å². The van der Waals surface area contributed by atoms with Crippen LogP contribution in [-0.2, 0) is 18.7 Å². The second-order valence-corrected chi connectivity index (χ2v) is 7.60. The van der Waals surface area contributed by atoms with Crippen molar-refractivity contribution in [2.45, 2.75) is 18.7 Å². The summed E-state index contributed by atoms with van der Waals surface area (Å²) in [5.41, 5.74) is 4.36. The Morgan fingerprint density at radius 3 is 2.40 bits per heavy atom. The van der Waals surface area contributed by atoms with E-state index < -0.39 is 5.60 Å². The maximum absolute atomic E-state index is 6.57. The van der Waals surface area contributed by atoms with E-state index in [9.17, 15) is 0 Å². The number of nitrogens with zero attached hydrogens (tertiary/aromatic N) is 5. The fourth-order valence-corrected chi connectivity index (χ4v) is 4.17. The van der Waals surface area contributed by atoms with E-state index in [1.807, 2.05) is 65.3 Å². The number of hydrogen-bond donors (Lipinski definition) is 0. The summed E-state index contributed by atoms with van der Waals surface area (Å²) < 4.78 is 10.6. The maximum Gasteiger partial charge on any atom is 0.298 e. The van der Waals surface area contributed by atoms with Gasteiger partial charge in [0.2, 0.25) is 0 Å². The standard InChI is InChI=1S/C24H19N5O/c1-3-9-18(10-4-1)21-15-28-16-24(30-23(28)25-21,19-11-5-2-6-12-19)17-29-22-14-8-7-13-20(22)26-27-29/h1-15H,16-17H2. The minimum Gasteiger partial charge on any atom is -0.449 e. The first-order valence-corrected chi connectivity index (χ1v) is 9.96. The van der Waals surface area contributed by atoms with Gasteiger partial charge in [0.1, 0.15) is 5.52 Å². The van der Waals surface area contributed by atoms with Crippen LogP contribution in [0.4, 0.5) is 0 Å². The van der Waals surface area contributed by atoms with Gasteiger partial charge in [0.15, 0.2) is 5.60 Å². The zero-order chi connectivity index (χ0) is 20.0. The summed E-state index contributed by atoms with van der Waals surface area (Å²) in [5.74, 6) is 0. The van der Waals surface area contributed by atoms with Gasteiger partial charge in [-0.25, -0.2) is 4.68 Å². The summed E-state index contributed by atoms with van der Waals surface area (Å²) in [6.07, 6.45) is 2.06. The van der Waals surface area contributed by atoms with Crippen molar-refractivity contribution in [1.82, 2.24) is 24.5 Å². The number of imidazole rings is 1. The Bertz CT molecular complexity index is 1300. The minimum atomic E-state index is -0.602. The minimum absolute atomic E-state index is 0.543. The third-order valence-corrected chi connectivity index (χ3v) is 5.65. The van der Waals surface area contributed by atoms with E-state index in [0.29, 0.717) is 19.1 Å². The van der Waals surface area contributed by atoms with Crippen molar-refractivity contribution in [3.63, 3.8) is 0 Å². The fourth-order valence-electron chi connectivity index (χ4n) is 4.17. The number of benzene rings is 3. The highest BCUT2D eigenvalue weighted by molar-refractivity contribution is 5.73. The average Bonchev–Trinajstić information content (AvgIpc) is 3.48. The molecule has 0 N–H and O–H groups in total. The van der Waals surface area contributed by atoms with Crippen LogP contribution in [0.1, 0.15) is 5.56 Å². The lowest BCUT2D eigenvalue weighted by molar-refractivity contribution is 0.0622. The van der Waals surface area contributed by atoms with E-state index in [4.69, 9.17) is 9.72 Å². The van der Waals surface area contributed by atoms with E-state index in [-0.39, 0.29) is 0 Å². The molecule has 6 heteroatoms. The molecule has 6 rings (SSSR count). The molecule has 30 heavy (non-hydrogen) atoms. The smallest absolute Gasteiger partial charge is 0.298 e. The van der Waals surface area contributed by atoms with Crippen molar-refractivity contribution in [1.29, 1.82) is 0 Å². The van der Waals surface area contributed by atoms with Gasteiger partial charge in [-0.05, 0) is 17.7 Å². The average molecular weight is 393 g/mol. The number of hydrogen-bond acceptors (Lipinski definition) is 4. The molecule has 0 saturated heterocycles. The van der Waals surface area contributed by atoms with Crippen molar-refractivity contribution in [2.24, 2.45) is 0 Å². The molecule has 0 bridgehead atoms. The Morgan fingerprint density at radius 2 is 1.60 bits per heavy atom. The SMILES string of the molecule is c1ccc(-c2cn3c(n2)OC(Cn2nnc4ccccc42)(c2ccccc2)C3)cc1. The summed E-state index contributed by atoms with van der Waals surface area (Å²) in [4.78, 5) is 4.77. The molecule has 0 spiro atoms. The molecule has 0 radical (unpaired) electrons. The number of ether oxygens (including phenoxy) is 1. The molecule has 0 amide bonds. The van der Waals surface area contributed by atoms with Crippen molar-refractivity contribution in [3.8, 4) is 17.3 Å². The summed E-state index contributed by atoms with van der Waals surface area (Å²) in [7, 11) is 0. The van der Waals surface area contributed by atoms with Gasteiger partial charge in [0.25, 0.3) is 6.01 Å². The molecule has 0 fully saturated rings. The lowest BCUT2D eigenvalue weighted by Crippen LogP contribution is -2.37. The highest BCUT2D eigenvalue weighted by Crippen LogP contribution is 2.39. The molecule has 6 nitrogen and oxygen atoms in total. The first-order chi connectivity index (χ1) is 14.8. The van der Waals surface area contributed by atoms with Gasteiger partial charge in [-0.3, -0.25) is 4.57 Å². The molecule has 2 aromatic heterocycles. The van der Waals surface area contributed by atoms with Gasteiger partial charge in [0, 0.05) is 11.8 Å². The van der Waals surface area contributed by atoms with Crippen LogP contribution in [0.2, 0.25) is 0 Å². The van der Waals surface area contributed by atoms with E-state index in [2.05, 4.69) is 45.3 Å². The first-order valence-electron chi connectivity index (χ1n) is 9.96. The van der Waals surface area contributed by atoms with Gasteiger partial charge < -0.3 is 4.74 Å². The third-order valence-electron chi connectivity index (χ3n) is 5.65. The van der Waals surface area contributed by atoms with E-state index in [1.54, 1.807) is 0 Å². The number of rotatable bonds is 4. The summed E-state index contributed by atoms with van der Waals surface area (Å²) in [5, 5.41) is 8.71. The van der Waals surface area contributed by atoms with Crippen LogP contribution < -0.4 is 4.74 Å². The van der Waals surface area contributed by atoms with Crippen LogP contribution in [0.15, 0.2) is 91.1 Å². The monoisotopic (exact) mass is 393 g/mol. The summed E-state index contributed by atoms with van der Waals surface area (Å²) >= 11 is 0. The summed E-state index contributed by atoms with van der Waals surface area (Å²) in [6.45, 7) is 1.20. The third kappa shape index (κ3) is 2.69. The van der Waals surface area contributed by atoms with Gasteiger partial charge in [-0.1, -0.05) is 78.0 Å². The van der Waals surface area contributed by atoms with E-state index in [1.165, 1.54) is 0 Å². The number of fused-ring (bicyclic) bond motifs is 2. The molecule has 3 heterocycles. The Kier molecular flexibility index (Phi) is 3.71. The molecule has 1 aliphatic heterocycles. The van der Waals surface area contributed by atoms with Crippen LogP contribution >= 0.6 is 0 Å². The molecular formula is C24H19N5O. The quantitative estimate of drug-likeness (QED) is 0.457. The van der Waals surface area contributed by atoms with Crippen LogP contribution in [0.5, 0.6) is 6.01 Å². The number of aromatic nitrogens is 5. The molecule has 1 aliphatic rings. The fraction of sp³-hybridized carbons (Fsp3) is 0.125. The largest absolute Gasteiger partial charge is 0.449 e. The molecule has 0 saturated carbocycles. The Labute approximate surface area is 173 Å². The van der Waals surface area contributed by atoms with Crippen molar-refractivity contribution in [2.75, 3.05) is 0 Å². The summed E-state index contributed by atoms with van der Waals surface area (Å²) in [6, 6.07) is 29.1. The molecule has 1 atom stereocenters. The van der Waals surface area contributed by atoms with Crippen molar-refractivity contribution >= 4 is 11.0 Å². The highest BCUT2D eigenvalue weighted by atomic mass is 16.5. The molecule has 3 aromatic carbocycles. The van der Waals surface area contributed by atoms with Crippen molar-refractivity contribution in [3.05, 3.63) is 96.7 Å². The van der Waals surface area contributed by atoms with Crippen molar-refractivity contribution < 1.29 is 4.74 Å². The zero-order valence-corrected chi connectivity index (χ0v) is 16.2. The second kappa shape index (κ2) is 6.56. The molecule has 5 aromatic rings. The van der Waals surface area contributed by atoms with Gasteiger partial charge >= 0.3 is 0 Å². The van der Waals surface area contributed by atoms with Gasteiger partial charge in [-0.15, -0.1) is 5.10 Å². The second-order valence-electron chi connectivity index (χ2n) is 7.60. The zero-order valence-electron chi connectivity index (χ0n) is 16.2. The van der Waals surface area contributed by atoms with Gasteiger partial charge in [0.05, 0.1) is 24.3 Å². The molecular weight excluding hydrogens is 374 g/mol. The molecule has 1 unspecified atom stereocenters. The molecule has 0 aliphatic carbocycles. The van der Waals surface area contributed by atoms with Crippen LogP contribution in [0, 0.1) is 0 Å². The Balaban J connectivity index is 1.41. The molecule has 146 valence electrons. The van der Waals surface area contributed by atoms with Crippen LogP contribution in [0.3, 0.4) is 0 Å². The topological polar surface area (TPSA) is 57.8 Å². The van der Waals surface area contributed by atoms with Crippen LogP contribution in [0.25, 0.3) is 22.3 Å². The van der Waals surface area contributed by atoms with E-state index in [0.717, 1.165) is 27.9 Å². The highest BCUT2D eigenvalue weighted by Gasteiger charge is 2.43. The predicted molar refractivity (Wildman–Crippen MR) is 114 cm³/mol. The van der Waals surface area contributed by atoms with E-state index >= 15 is 0 Å². The normalized spacial score (nSPS) is 17.7. The lowest BCUT2D eigenvalue weighted by Gasteiger charge is -2.28. The lowest BCUT2D eigenvalue weighted by atomic mass is 9.93. The Morgan fingerprint density at radius 1 is 0.867 bits per heavy atom.